The molecule has 0 N–H and O–H groups in total. The van der Waals surface area contributed by atoms with Crippen molar-refractivity contribution in [1.29, 1.82) is 0 Å². The molecule has 2 fully saturated rings. The predicted molar refractivity (Wildman–Crippen MR) is 71.7 cm³/mol. The Balaban J connectivity index is 1.89. The van der Waals surface area contributed by atoms with E-state index in [1.807, 2.05) is 6.92 Å². The number of sulfonamides is 1. The first-order valence-electron chi connectivity index (χ1n) is 6.39. The van der Waals surface area contributed by atoms with E-state index in [0.29, 0.717) is 30.6 Å². The van der Waals surface area contributed by atoms with Crippen LogP contribution in [0.3, 0.4) is 0 Å². The fraction of sp³-hybridized carbons (Fsp3) is 0.667. The molecule has 3 heterocycles. The molecule has 0 radical (unpaired) electrons. The SMILES string of the molecule is CCO[C@H]1CN(S(=O)(=O)c2cccs2)[C@H]2COC[C@@H]12. The molecule has 3 atom stereocenters. The van der Waals surface area contributed by atoms with Crippen molar-refractivity contribution in [3.63, 3.8) is 0 Å². The van der Waals surface area contributed by atoms with E-state index >= 15 is 0 Å². The van der Waals surface area contributed by atoms with Crippen LogP contribution in [-0.2, 0) is 19.5 Å². The lowest BCUT2D eigenvalue weighted by Gasteiger charge is -2.20. The molecule has 2 aliphatic heterocycles. The Labute approximate surface area is 117 Å². The average molecular weight is 303 g/mol. The van der Waals surface area contributed by atoms with Crippen molar-refractivity contribution in [1.82, 2.24) is 4.31 Å². The standard InChI is InChI=1S/C12H17NO4S2/c1-2-17-11-6-13(10-8-16-7-9(10)11)19(14,15)12-4-3-5-18-12/h3-5,9-11H,2,6-8H2,1H3/t9-,10+,11+/m1/s1. The van der Waals surface area contributed by atoms with Gasteiger partial charge >= 0.3 is 0 Å². The normalized spacial score (nSPS) is 31.7. The molecule has 0 aliphatic carbocycles. The number of fused-ring (bicyclic) bond motifs is 1. The van der Waals surface area contributed by atoms with Crippen molar-refractivity contribution in [2.45, 2.75) is 23.3 Å². The summed E-state index contributed by atoms with van der Waals surface area (Å²) in [5, 5.41) is 1.78. The van der Waals surface area contributed by atoms with Crippen LogP contribution in [0.25, 0.3) is 0 Å². The van der Waals surface area contributed by atoms with E-state index in [1.54, 1.807) is 21.8 Å². The van der Waals surface area contributed by atoms with Gasteiger partial charge in [-0.3, -0.25) is 0 Å². The third kappa shape index (κ3) is 2.23. The molecule has 1 aromatic rings. The zero-order valence-electron chi connectivity index (χ0n) is 10.7. The minimum absolute atomic E-state index is 0.0489. The van der Waals surface area contributed by atoms with Crippen LogP contribution in [0.1, 0.15) is 6.92 Å². The smallest absolute Gasteiger partial charge is 0.252 e. The highest BCUT2D eigenvalue weighted by atomic mass is 32.2. The molecule has 0 bridgehead atoms. The molecule has 19 heavy (non-hydrogen) atoms. The van der Waals surface area contributed by atoms with Gasteiger partial charge in [0.15, 0.2) is 0 Å². The van der Waals surface area contributed by atoms with Gasteiger partial charge in [0, 0.05) is 19.1 Å². The van der Waals surface area contributed by atoms with Gasteiger partial charge in [0.1, 0.15) is 4.21 Å². The maximum absolute atomic E-state index is 12.6. The second-order valence-corrected chi connectivity index (χ2v) is 7.83. The number of ether oxygens (including phenoxy) is 2. The number of hydrogen-bond acceptors (Lipinski definition) is 5. The van der Waals surface area contributed by atoms with Gasteiger partial charge in [-0.1, -0.05) is 6.07 Å². The van der Waals surface area contributed by atoms with Crippen LogP contribution in [0.2, 0.25) is 0 Å². The summed E-state index contributed by atoms with van der Waals surface area (Å²) in [6.45, 7) is 4.03. The third-order valence-electron chi connectivity index (χ3n) is 3.74. The zero-order chi connectivity index (χ0) is 13.5. The molecule has 1 aromatic heterocycles. The molecule has 5 nitrogen and oxygen atoms in total. The minimum atomic E-state index is -3.41. The molecule has 0 spiro atoms. The van der Waals surface area contributed by atoms with Crippen molar-refractivity contribution in [2.24, 2.45) is 5.92 Å². The second-order valence-electron chi connectivity index (χ2n) is 4.77. The van der Waals surface area contributed by atoms with Gasteiger partial charge in [0.05, 0.1) is 25.4 Å². The summed E-state index contributed by atoms with van der Waals surface area (Å²) in [4.78, 5) is 0. The summed E-state index contributed by atoms with van der Waals surface area (Å²) in [6, 6.07) is 3.33. The fourth-order valence-electron chi connectivity index (χ4n) is 2.85. The van der Waals surface area contributed by atoms with Gasteiger partial charge in [0.2, 0.25) is 0 Å². The van der Waals surface area contributed by atoms with E-state index in [9.17, 15) is 8.42 Å². The lowest BCUT2D eigenvalue weighted by atomic mass is 10.0. The molecule has 7 heteroatoms. The number of rotatable bonds is 4. The summed E-state index contributed by atoms with van der Waals surface area (Å²) in [5.41, 5.74) is 0. The Kier molecular flexibility index (Phi) is 3.65. The Morgan fingerprint density at radius 3 is 3.05 bits per heavy atom. The monoisotopic (exact) mass is 303 g/mol. The van der Waals surface area contributed by atoms with Crippen LogP contribution >= 0.6 is 11.3 Å². The van der Waals surface area contributed by atoms with Gasteiger partial charge in [-0.2, -0.15) is 4.31 Å². The molecule has 2 aliphatic rings. The van der Waals surface area contributed by atoms with Crippen molar-refractivity contribution >= 4 is 21.4 Å². The topological polar surface area (TPSA) is 55.8 Å². The Bertz CT molecular complexity index is 528. The lowest BCUT2D eigenvalue weighted by Crippen LogP contribution is -2.37. The van der Waals surface area contributed by atoms with Gasteiger partial charge in [0.25, 0.3) is 10.0 Å². The van der Waals surface area contributed by atoms with E-state index < -0.39 is 10.0 Å². The zero-order valence-corrected chi connectivity index (χ0v) is 12.3. The summed E-state index contributed by atoms with van der Waals surface area (Å²) < 4.78 is 38.3. The van der Waals surface area contributed by atoms with Crippen LogP contribution in [0.5, 0.6) is 0 Å². The molecule has 0 unspecified atom stereocenters. The van der Waals surface area contributed by atoms with Crippen molar-refractivity contribution in [3.05, 3.63) is 17.5 Å². The van der Waals surface area contributed by atoms with Crippen LogP contribution in [0, 0.1) is 5.92 Å². The number of nitrogens with zero attached hydrogens (tertiary/aromatic N) is 1. The highest BCUT2D eigenvalue weighted by Gasteiger charge is 2.50. The summed E-state index contributed by atoms with van der Waals surface area (Å²) in [5.74, 6) is 0.162. The van der Waals surface area contributed by atoms with E-state index in [2.05, 4.69) is 0 Å². The highest BCUT2D eigenvalue weighted by Crippen LogP contribution is 2.36. The number of thiophene rings is 1. The maximum atomic E-state index is 12.6. The van der Waals surface area contributed by atoms with E-state index in [0.717, 1.165) is 0 Å². The van der Waals surface area contributed by atoms with Gasteiger partial charge in [-0.15, -0.1) is 11.3 Å². The van der Waals surface area contributed by atoms with Crippen LogP contribution in [0.4, 0.5) is 0 Å². The molecule has 0 aromatic carbocycles. The Morgan fingerprint density at radius 1 is 1.53 bits per heavy atom. The first-order chi connectivity index (χ1) is 9.14. The fourth-order valence-corrected chi connectivity index (χ4v) is 5.64. The minimum Gasteiger partial charge on any atom is -0.379 e. The van der Waals surface area contributed by atoms with Gasteiger partial charge in [-0.05, 0) is 18.4 Å². The summed E-state index contributed by atoms with van der Waals surface area (Å²) in [6.07, 6.45) is -0.0489. The van der Waals surface area contributed by atoms with Crippen molar-refractivity contribution in [2.75, 3.05) is 26.4 Å². The summed E-state index contributed by atoms with van der Waals surface area (Å²) in [7, 11) is -3.41. The summed E-state index contributed by atoms with van der Waals surface area (Å²) >= 11 is 1.25. The maximum Gasteiger partial charge on any atom is 0.252 e. The van der Waals surface area contributed by atoms with E-state index in [1.165, 1.54) is 11.3 Å². The predicted octanol–water partition coefficient (Wildman–Crippen LogP) is 1.17. The quantitative estimate of drug-likeness (QED) is 0.838. The molecular weight excluding hydrogens is 286 g/mol. The van der Waals surface area contributed by atoms with E-state index in [4.69, 9.17) is 9.47 Å². The largest absolute Gasteiger partial charge is 0.379 e. The van der Waals surface area contributed by atoms with Crippen LogP contribution in [0.15, 0.2) is 21.7 Å². The average Bonchev–Trinajstić information content (AvgIpc) is 3.07. The second kappa shape index (κ2) is 5.14. The van der Waals surface area contributed by atoms with E-state index in [-0.39, 0.29) is 18.1 Å². The molecule has 2 saturated heterocycles. The third-order valence-corrected chi connectivity index (χ3v) is 7.00. The van der Waals surface area contributed by atoms with Crippen molar-refractivity contribution < 1.29 is 17.9 Å². The Hall–Kier alpha value is -0.470. The first kappa shape index (κ1) is 13.5. The Morgan fingerprint density at radius 2 is 2.37 bits per heavy atom. The lowest BCUT2D eigenvalue weighted by molar-refractivity contribution is 0.0308. The van der Waals surface area contributed by atoms with Gasteiger partial charge < -0.3 is 9.47 Å². The molecule has 0 amide bonds. The first-order valence-corrected chi connectivity index (χ1v) is 8.71. The van der Waals surface area contributed by atoms with Gasteiger partial charge in [-0.25, -0.2) is 8.42 Å². The molecular formula is C12H17NO4S2. The van der Waals surface area contributed by atoms with Crippen LogP contribution in [-0.4, -0.2) is 51.2 Å². The highest BCUT2D eigenvalue weighted by molar-refractivity contribution is 7.91. The number of hydrogen-bond donors (Lipinski definition) is 0. The molecule has 106 valence electrons. The molecule has 0 saturated carbocycles. The molecule has 3 rings (SSSR count). The van der Waals surface area contributed by atoms with Crippen molar-refractivity contribution in [3.8, 4) is 0 Å². The van der Waals surface area contributed by atoms with Crippen LogP contribution < -0.4 is 0 Å².